The monoisotopic (exact) mass is 251 g/mol. The largest absolute Gasteiger partial charge is 0.392 e. The molecule has 1 aromatic rings. The molecule has 2 atom stereocenters. The first-order valence-electron chi connectivity index (χ1n) is 6.97. The predicted molar refractivity (Wildman–Crippen MR) is 72.3 cm³/mol. The molecular weight excluding hydrogens is 226 g/mol. The van der Waals surface area contributed by atoms with Crippen molar-refractivity contribution >= 4 is 0 Å². The third-order valence-electron chi connectivity index (χ3n) is 4.02. The van der Waals surface area contributed by atoms with Crippen LogP contribution in [0.1, 0.15) is 44.7 Å². The molecule has 18 heavy (non-hydrogen) atoms. The van der Waals surface area contributed by atoms with Gasteiger partial charge in [0.25, 0.3) is 0 Å². The highest BCUT2D eigenvalue weighted by Crippen LogP contribution is 2.28. The lowest BCUT2D eigenvalue weighted by atomic mass is 9.85. The molecule has 1 aliphatic carbocycles. The average Bonchev–Trinajstić information content (AvgIpc) is 2.70. The Kier molecular flexibility index (Phi) is 4.40. The van der Waals surface area contributed by atoms with Crippen LogP contribution in [0.15, 0.2) is 12.4 Å². The van der Waals surface area contributed by atoms with Gasteiger partial charge in [-0.15, -0.1) is 0 Å². The molecule has 2 unspecified atom stereocenters. The predicted octanol–water partition coefficient (Wildman–Crippen LogP) is 2.06. The molecule has 0 amide bonds. The second kappa shape index (κ2) is 5.85. The summed E-state index contributed by atoms with van der Waals surface area (Å²) in [6.45, 7) is 5.73. The first-order valence-corrected chi connectivity index (χ1v) is 6.97. The van der Waals surface area contributed by atoms with E-state index < -0.39 is 0 Å². The zero-order valence-electron chi connectivity index (χ0n) is 11.7. The van der Waals surface area contributed by atoms with Crippen molar-refractivity contribution in [2.45, 2.75) is 51.8 Å². The second-order valence-corrected chi connectivity index (χ2v) is 5.76. The van der Waals surface area contributed by atoms with Gasteiger partial charge < -0.3 is 5.11 Å². The summed E-state index contributed by atoms with van der Waals surface area (Å²) in [6.07, 6.45) is 7.91. The molecule has 0 aliphatic heterocycles. The number of rotatable bonds is 6. The van der Waals surface area contributed by atoms with Gasteiger partial charge in [0.15, 0.2) is 0 Å². The molecule has 1 aromatic heterocycles. The minimum Gasteiger partial charge on any atom is -0.392 e. The van der Waals surface area contributed by atoms with Crippen LogP contribution < -0.4 is 0 Å². The van der Waals surface area contributed by atoms with Crippen molar-refractivity contribution in [3.8, 4) is 0 Å². The maximum absolute atomic E-state index is 9.42. The topological polar surface area (TPSA) is 41.3 Å². The van der Waals surface area contributed by atoms with Gasteiger partial charge in [-0.05, 0) is 39.7 Å². The number of aromatic nitrogens is 2. The van der Waals surface area contributed by atoms with Gasteiger partial charge >= 0.3 is 0 Å². The number of aliphatic hydroxyl groups excluding tert-OH is 1. The smallest absolute Gasteiger partial charge is 0.0639 e. The van der Waals surface area contributed by atoms with Gasteiger partial charge in [0.05, 0.1) is 12.3 Å². The lowest BCUT2D eigenvalue weighted by Gasteiger charge is -2.26. The summed E-state index contributed by atoms with van der Waals surface area (Å²) >= 11 is 0. The molecular formula is C14H25N3O. The van der Waals surface area contributed by atoms with E-state index in [9.17, 15) is 5.11 Å². The first-order chi connectivity index (χ1) is 8.56. The zero-order chi connectivity index (χ0) is 13.1. The molecule has 4 nitrogen and oxygen atoms in total. The highest BCUT2D eigenvalue weighted by molar-refractivity contribution is 5.09. The summed E-state index contributed by atoms with van der Waals surface area (Å²) in [6, 6.07) is 0.301. The van der Waals surface area contributed by atoms with E-state index in [0.717, 1.165) is 12.5 Å². The summed E-state index contributed by atoms with van der Waals surface area (Å²) in [7, 11) is 2.04. The minimum absolute atomic E-state index is 0.289. The van der Waals surface area contributed by atoms with Crippen LogP contribution in [0.5, 0.6) is 0 Å². The lowest BCUT2D eigenvalue weighted by molar-refractivity contribution is 0.121. The van der Waals surface area contributed by atoms with Crippen molar-refractivity contribution in [2.75, 3.05) is 13.6 Å². The first kappa shape index (κ1) is 13.6. The van der Waals surface area contributed by atoms with Gasteiger partial charge in [-0.25, -0.2) is 0 Å². The fourth-order valence-electron chi connectivity index (χ4n) is 2.46. The molecule has 4 heteroatoms. The molecule has 0 spiro atoms. The standard InChI is InChI=1S/C14H25N3O/c1-11(18)8-16(3)12(2)14-7-15-17(10-14)9-13-5-4-6-13/h7,10-13,18H,4-6,8-9H2,1-3H3. The number of nitrogens with zero attached hydrogens (tertiary/aromatic N) is 3. The normalized spacial score (nSPS) is 19.8. The Balaban J connectivity index is 1.91. The number of hydrogen-bond donors (Lipinski definition) is 1. The molecule has 0 aromatic carbocycles. The van der Waals surface area contributed by atoms with E-state index in [1.807, 2.05) is 20.2 Å². The van der Waals surface area contributed by atoms with E-state index in [-0.39, 0.29) is 6.10 Å². The van der Waals surface area contributed by atoms with Crippen molar-refractivity contribution in [2.24, 2.45) is 5.92 Å². The van der Waals surface area contributed by atoms with E-state index in [4.69, 9.17) is 0 Å². The van der Waals surface area contributed by atoms with E-state index in [1.54, 1.807) is 0 Å². The third-order valence-corrected chi connectivity index (χ3v) is 4.02. The van der Waals surface area contributed by atoms with E-state index in [2.05, 4.69) is 27.8 Å². The number of hydrogen-bond acceptors (Lipinski definition) is 3. The van der Waals surface area contributed by atoms with Gasteiger partial charge in [-0.1, -0.05) is 6.42 Å². The van der Waals surface area contributed by atoms with Gasteiger partial charge in [-0.3, -0.25) is 9.58 Å². The molecule has 0 saturated heterocycles. The van der Waals surface area contributed by atoms with Crippen LogP contribution in [0.4, 0.5) is 0 Å². The molecule has 1 saturated carbocycles. The molecule has 1 N–H and O–H groups in total. The highest BCUT2D eigenvalue weighted by atomic mass is 16.3. The van der Waals surface area contributed by atoms with E-state index in [0.29, 0.717) is 12.6 Å². The Morgan fingerprint density at radius 3 is 2.78 bits per heavy atom. The van der Waals surface area contributed by atoms with Crippen LogP contribution in [0, 0.1) is 5.92 Å². The minimum atomic E-state index is -0.289. The molecule has 1 fully saturated rings. The summed E-state index contributed by atoms with van der Waals surface area (Å²) in [5.41, 5.74) is 1.23. The van der Waals surface area contributed by atoms with E-state index in [1.165, 1.54) is 24.8 Å². The quantitative estimate of drug-likeness (QED) is 0.841. The second-order valence-electron chi connectivity index (χ2n) is 5.76. The Morgan fingerprint density at radius 1 is 1.50 bits per heavy atom. The third kappa shape index (κ3) is 3.33. The lowest BCUT2D eigenvalue weighted by Crippen LogP contribution is -2.29. The average molecular weight is 251 g/mol. The van der Waals surface area contributed by atoms with Crippen LogP contribution >= 0.6 is 0 Å². The Labute approximate surface area is 110 Å². The summed E-state index contributed by atoms with van der Waals surface area (Å²) in [5, 5.41) is 13.9. The van der Waals surface area contributed by atoms with Gasteiger partial charge in [0.1, 0.15) is 0 Å². The molecule has 1 heterocycles. The zero-order valence-corrected chi connectivity index (χ0v) is 11.7. The molecule has 102 valence electrons. The fraction of sp³-hybridized carbons (Fsp3) is 0.786. The van der Waals surface area contributed by atoms with Gasteiger partial charge in [0.2, 0.25) is 0 Å². The fourth-order valence-corrected chi connectivity index (χ4v) is 2.46. The molecule has 1 aliphatic rings. The van der Waals surface area contributed by atoms with Crippen LogP contribution in [-0.4, -0.2) is 39.5 Å². The highest BCUT2D eigenvalue weighted by Gasteiger charge is 2.19. The molecule has 2 rings (SSSR count). The maximum atomic E-state index is 9.42. The van der Waals surface area contributed by atoms with E-state index >= 15 is 0 Å². The molecule has 0 radical (unpaired) electrons. The van der Waals surface area contributed by atoms with Crippen molar-refractivity contribution in [1.82, 2.24) is 14.7 Å². The SMILES string of the molecule is CC(O)CN(C)C(C)c1cnn(CC2CCC2)c1. The van der Waals surface area contributed by atoms with Crippen LogP contribution in [0.3, 0.4) is 0 Å². The summed E-state index contributed by atoms with van der Waals surface area (Å²) in [4.78, 5) is 2.16. The number of aliphatic hydroxyl groups is 1. The Bertz CT molecular complexity index is 371. The van der Waals surface area contributed by atoms with Crippen LogP contribution in [-0.2, 0) is 6.54 Å². The summed E-state index contributed by atoms with van der Waals surface area (Å²) in [5.74, 6) is 0.836. The van der Waals surface area contributed by atoms with Gasteiger partial charge in [0, 0.05) is 30.9 Å². The van der Waals surface area contributed by atoms with Gasteiger partial charge in [-0.2, -0.15) is 5.10 Å². The van der Waals surface area contributed by atoms with Crippen molar-refractivity contribution < 1.29 is 5.11 Å². The van der Waals surface area contributed by atoms with Crippen LogP contribution in [0.25, 0.3) is 0 Å². The van der Waals surface area contributed by atoms with Crippen molar-refractivity contribution in [3.05, 3.63) is 18.0 Å². The Morgan fingerprint density at radius 2 is 2.22 bits per heavy atom. The van der Waals surface area contributed by atoms with Crippen molar-refractivity contribution in [3.63, 3.8) is 0 Å². The maximum Gasteiger partial charge on any atom is 0.0639 e. The van der Waals surface area contributed by atoms with Crippen LogP contribution in [0.2, 0.25) is 0 Å². The Hall–Kier alpha value is -0.870. The molecule has 0 bridgehead atoms. The number of likely N-dealkylation sites (N-methyl/N-ethyl adjacent to an activating group) is 1. The summed E-state index contributed by atoms with van der Waals surface area (Å²) < 4.78 is 2.08. The van der Waals surface area contributed by atoms with Crippen molar-refractivity contribution in [1.29, 1.82) is 0 Å².